The number of hydrogen-bond acceptors (Lipinski definition) is 3. The van der Waals surface area contributed by atoms with E-state index in [0.29, 0.717) is 0 Å². The fraction of sp³-hybridized carbons (Fsp3) is 0.588. The van der Waals surface area contributed by atoms with Gasteiger partial charge in [0.1, 0.15) is 12.2 Å². The van der Waals surface area contributed by atoms with E-state index in [9.17, 15) is 0 Å². The number of aromatic nitrogens is 4. The summed E-state index contributed by atoms with van der Waals surface area (Å²) in [5, 5.41) is 3.99. The molecule has 0 bridgehead atoms. The number of rotatable bonds is 0. The number of hydrogen-bond donors (Lipinski definition) is 0. The Morgan fingerprint density at radius 1 is 0.952 bits per heavy atom. The molecule has 2 aromatic heterocycles. The number of nitrogens with zero attached hydrogens (tertiary/aromatic N) is 4. The first kappa shape index (κ1) is 17.3. The Bertz CT molecular complexity index is 571. The lowest BCUT2D eigenvalue weighted by atomic mass is 9.91. The fourth-order valence-electron chi connectivity index (χ4n) is 1.94. The van der Waals surface area contributed by atoms with Crippen LogP contribution < -0.4 is 0 Å². The SMILES string of the molecule is Cc1cccc(C(C)(C)C)n1.Cn1ncnc1C(C)(C)C. The summed E-state index contributed by atoms with van der Waals surface area (Å²) >= 11 is 0. The van der Waals surface area contributed by atoms with Gasteiger partial charge in [0.15, 0.2) is 0 Å². The summed E-state index contributed by atoms with van der Waals surface area (Å²) in [6.07, 6.45) is 1.58. The molecular formula is C17H28N4. The van der Waals surface area contributed by atoms with Crippen molar-refractivity contribution in [3.63, 3.8) is 0 Å². The summed E-state index contributed by atoms with van der Waals surface area (Å²) in [7, 11) is 1.91. The van der Waals surface area contributed by atoms with Crippen molar-refractivity contribution < 1.29 is 0 Å². The summed E-state index contributed by atoms with van der Waals surface area (Å²) < 4.78 is 1.81. The summed E-state index contributed by atoms with van der Waals surface area (Å²) in [5.41, 5.74) is 2.53. The van der Waals surface area contributed by atoms with Crippen LogP contribution in [-0.2, 0) is 17.9 Å². The van der Waals surface area contributed by atoms with Gasteiger partial charge in [-0.25, -0.2) is 4.98 Å². The van der Waals surface area contributed by atoms with Crippen molar-refractivity contribution in [3.05, 3.63) is 41.7 Å². The van der Waals surface area contributed by atoms with Crippen molar-refractivity contribution in [2.24, 2.45) is 7.05 Å². The van der Waals surface area contributed by atoms with Crippen LogP contribution in [0.5, 0.6) is 0 Å². The van der Waals surface area contributed by atoms with Crippen LogP contribution in [-0.4, -0.2) is 19.7 Å². The molecule has 4 nitrogen and oxygen atoms in total. The van der Waals surface area contributed by atoms with Gasteiger partial charge in [0.2, 0.25) is 0 Å². The number of pyridine rings is 1. The van der Waals surface area contributed by atoms with Gasteiger partial charge in [-0.3, -0.25) is 9.67 Å². The summed E-state index contributed by atoms with van der Waals surface area (Å²) in [4.78, 5) is 8.58. The second-order valence-corrected chi connectivity index (χ2v) is 7.37. The van der Waals surface area contributed by atoms with E-state index in [1.165, 1.54) is 0 Å². The van der Waals surface area contributed by atoms with Crippen LogP contribution >= 0.6 is 0 Å². The maximum absolute atomic E-state index is 4.44. The molecule has 0 N–H and O–H groups in total. The molecule has 0 radical (unpaired) electrons. The Kier molecular flexibility index (Phi) is 5.26. The van der Waals surface area contributed by atoms with E-state index in [-0.39, 0.29) is 10.8 Å². The summed E-state index contributed by atoms with van der Waals surface area (Å²) in [6.45, 7) is 14.9. The molecule has 0 atom stereocenters. The largest absolute Gasteiger partial charge is 0.258 e. The van der Waals surface area contributed by atoms with Gasteiger partial charge in [-0.05, 0) is 19.1 Å². The second-order valence-electron chi connectivity index (χ2n) is 7.37. The standard InChI is InChI=1S/C10H15N.C7H13N3/c1-8-6-5-7-9(11-8)10(2,3)4;1-7(2,3)6-8-5-9-10(6)4/h5-7H,1-4H3;5H,1-4H3. The topological polar surface area (TPSA) is 43.6 Å². The van der Waals surface area contributed by atoms with Gasteiger partial charge in [-0.1, -0.05) is 47.6 Å². The van der Waals surface area contributed by atoms with Crippen LogP contribution in [0, 0.1) is 6.92 Å². The van der Waals surface area contributed by atoms with E-state index in [1.807, 2.05) is 20.0 Å². The zero-order valence-corrected chi connectivity index (χ0v) is 14.6. The second kappa shape index (κ2) is 6.37. The molecule has 0 saturated carbocycles. The lowest BCUT2D eigenvalue weighted by Gasteiger charge is -2.17. The molecule has 0 amide bonds. The molecule has 0 fully saturated rings. The molecule has 2 aromatic rings. The molecule has 2 rings (SSSR count). The molecule has 4 heteroatoms. The van der Waals surface area contributed by atoms with Gasteiger partial charge in [-0.2, -0.15) is 5.10 Å². The highest BCUT2D eigenvalue weighted by Crippen LogP contribution is 2.19. The number of aryl methyl sites for hydroxylation is 2. The predicted molar refractivity (Wildman–Crippen MR) is 87.4 cm³/mol. The van der Waals surface area contributed by atoms with Crippen molar-refractivity contribution in [2.45, 2.75) is 59.3 Å². The minimum absolute atomic E-state index is 0.102. The third kappa shape index (κ3) is 5.29. The Labute approximate surface area is 128 Å². The van der Waals surface area contributed by atoms with Gasteiger partial charge in [0.25, 0.3) is 0 Å². The Balaban J connectivity index is 0.000000211. The smallest absolute Gasteiger partial charge is 0.138 e. The molecule has 116 valence electrons. The van der Waals surface area contributed by atoms with E-state index in [1.54, 1.807) is 11.0 Å². The Hall–Kier alpha value is -1.71. The molecule has 21 heavy (non-hydrogen) atoms. The van der Waals surface area contributed by atoms with Crippen molar-refractivity contribution >= 4 is 0 Å². The van der Waals surface area contributed by atoms with E-state index in [4.69, 9.17) is 0 Å². The third-order valence-electron chi connectivity index (χ3n) is 3.04. The van der Waals surface area contributed by atoms with Crippen LogP contribution in [0.1, 0.15) is 58.8 Å². The van der Waals surface area contributed by atoms with Crippen LogP contribution in [0.2, 0.25) is 0 Å². The summed E-state index contributed by atoms with van der Waals surface area (Å²) in [5.74, 6) is 1.02. The van der Waals surface area contributed by atoms with E-state index in [0.717, 1.165) is 17.2 Å². The minimum atomic E-state index is 0.102. The Morgan fingerprint density at radius 3 is 1.86 bits per heavy atom. The average Bonchev–Trinajstić information content (AvgIpc) is 2.75. The predicted octanol–water partition coefficient (Wildman–Crippen LogP) is 3.80. The highest BCUT2D eigenvalue weighted by Gasteiger charge is 2.18. The molecular weight excluding hydrogens is 260 g/mol. The van der Waals surface area contributed by atoms with Gasteiger partial charge >= 0.3 is 0 Å². The molecule has 0 aliphatic heterocycles. The van der Waals surface area contributed by atoms with E-state index >= 15 is 0 Å². The van der Waals surface area contributed by atoms with Gasteiger partial charge in [-0.15, -0.1) is 0 Å². The molecule has 0 saturated heterocycles. The third-order valence-corrected chi connectivity index (χ3v) is 3.04. The highest BCUT2D eigenvalue weighted by molar-refractivity contribution is 5.16. The lowest BCUT2D eigenvalue weighted by Crippen LogP contribution is -2.17. The quantitative estimate of drug-likeness (QED) is 0.740. The molecule has 2 heterocycles. The first-order valence-corrected chi connectivity index (χ1v) is 7.30. The van der Waals surface area contributed by atoms with Crippen molar-refractivity contribution in [1.82, 2.24) is 19.7 Å². The molecule has 0 aliphatic rings. The lowest BCUT2D eigenvalue weighted by molar-refractivity contribution is 0.506. The molecule has 0 aromatic carbocycles. The normalized spacial score (nSPS) is 11.8. The van der Waals surface area contributed by atoms with E-state index < -0.39 is 0 Å². The highest BCUT2D eigenvalue weighted by atomic mass is 15.3. The monoisotopic (exact) mass is 288 g/mol. The van der Waals surface area contributed by atoms with Crippen LogP contribution in [0.3, 0.4) is 0 Å². The van der Waals surface area contributed by atoms with Gasteiger partial charge in [0, 0.05) is 29.3 Å². The van der Waals surface area contributed by atoms with Crippen LogP contribution in [0.15, 0.2) is 24.5 Å². The van der Waals surface area contributed by atoms with Crippen molar-refractivity contribution in [1.29, 1.82) is 0 Å². The van der Waals surface area contributed by atoms with Gasteiger partial charge < -0.3 is 0 Å². The van der Waals surface area contributed by atoms with Crippen LogP contribution in [0.25, 0.3) is 0 Å². The van der Waals surface area contributed by atoms with Crippen LogP contribution in [0.4, 0.5) is 0 Å². The van der Waals surface area contributed by atoms with Gasteiger partial charge in [0.05, 0.1) is 0 Å². The molecule has 0 unspecified atom stereocenters. The van der Waals surface area contributed by atoms with E-state index in [2.05, 4.69) is 68.7 Å². The zero-order valence-electron chi connectivity index (χ0n) is 14.6. The molecule has 0 spiro atoms. The first-order chi connectivity index (χ1) is 9.51. The Morgan fingerprint density at radius 2 is 1.57 bits per heavy atom. The van der Waals surface area contributed by atoms with Crippen molar-refractivity contribution in [3.8, 4) is 0 Å². The maximum atomic E-state index is 4.44. The average molecular weight is 288 g/mol. The molecule has 0 aliphatic carbocycles. The first-order valence-electron chi connectivity index (χ1n) is 7.30. The summed E-state index contributed by atoms with van der Waals surface area (Å²) in [6, 6.07) is 6.16. The minimum Gasteiger partial charge on any atom is -0.258 e. The van der Waals surface area contributed by atoms with Crippen molar-refractivity contribution in [2.75, 3.05) is 0 Å². The maximum Gasteiger partial charge on any atom is 0.138 e. The fourth-order valence-corrected chi connectivity index (χ4v) is 1.94. The zero-order chi connectivity index (χ0) is 16.3.